The lowest BCUT2D eigenvalue weighted by molar-refractivity contribution is 0.713. The second-order valence-electron chi connectivity index (χ2n) is 13.9. The third-order valence-corrected chi connectivity index (χ3v) is 11.8. The summed E-state index contributed by atoms with van der Waals surface area (Å²) in [5.41, 5.74) is 10.4. The van der Waals surface area contributed by atoms with Gasteiger partial charge < -0.3 is 4.57 Å². The van der Waals surface area contributed by atoms with Gasteiger partial charge in [-0.15, -0.1) is 11.3 Å². The second kappa shape index (κ2) is 13.2. The lowest BCUT2D eigenvalue weighted by Crippen LogP contribution is -2.10. The molecule has 3 heterocycles. The first-order chi connectivity index (χ1) is 26.6. The topological polar surface area (TPSA) is 43.6 Å². The predicted molar refractivity (Wildman–Crippen MR) is 227 cm³/mol. The van der Waals surface area contributed by atoms with Crippen LogP contribution in [-0.4, -0.2) is 19.5 Å². The van der Waals surface area contributed by atoms with Crippen molar-refractivity contribution in [1.82, 2.24) is 19.5 Å². The number of hydrogen-bond donors (Lipinski definition) is 0. The van der Waals surface area contributed by atoms with Gasteiger partial charge in [0.1, 0.15) is 5.82 Å². The number of thiophene rings is 1. The Balaban J connectivity index is 1.15. The molecule has 54 heavy (non-hydrogen) atoms. The van der Waals surface area contributed by atoms with E-state index in [1.807, 2.05) is 29.5 Å². The molecule has 1 atom stereocenters. The highest BCUT2D eigenvalue weighted by atomic mass is 32.1. The number of nitrogens with zero attached hydrogens (tertiary/aromatic N) is 4. The van der Waals surface area contributed by atoms with Crippen LogP contribution in [0, 0.1) is 6.92 Å². The van der Waals surface area contributed by atoms with Gasteiger partial charge in [0.05, 0.1) is 11.0 Å². The van der Waals surface area contributed by atoms with Gasteiger partial charge in [-0.25, -0.2) is 15.0 Å². The second-order valence-corrected chi connectivity index (χ2v) is 15.0. The summed E-state index contributed by atoms with van der Waals surface area (Å²) < 4.78 is 4.91. The molecular weight excluding hydrogens is 677 g/mol. The Kier molecular flexibility index (Phi) is 7.88. The zero-order valence-electron chi connectivity index (χ0n) is 30.1. The summed E-state index contributed by atoms with van der Waals surface area (Å²) in [6, 6.07) is 58.5. The number of para-hydroxylation sites is 2. The lowest BCUT2D eigenvalue weighted by atomic mass is 9.86. The minimum absolute atomic E-state index is 0.0615. The maximum atomic E-state index is 5.31. The van der Waals surface area contributed by atoms with Gasteiger partial charge in [-0.05, 0) is 78.1 Å². The first kappa shape index (κ1) is 32.2. The molecule has 10 aromatic rings. The lowest BCUT2D eigenvalue weighted by Gasteiger charge is -2.21. The number of rotatable bonds is 7. The fraction of sp³-hybridized carbons (Fsp3) is 0.0816. The predicted octanol–water partition coefficient (Wildman–Crippen LogP) is 13.2. The van der Waals surface area contributed by atoms with Crippen molar-refractivity contribution in [3.8, 4) is 39.6 Å². The van der Waals surface area contributed by atoms with E-state index in [9.17, 15) is 0 Å². The molecule has 0 spiro atoms. The molecule has 0 aliphatic heterocycles. The van der Waals surface area contributed by atoms with Crippen molar-refractivity contribution in [3.63, 3.8) is 0 Å². The zero-order chi connectivity index (χ0) is 36.2. The van der Waals surface area contributed by atoms with E-state index in [-0.39, 0.29) is 5.92 Å². The highest BCUT2D eigenvalue weighted by Crippen LogP contribution is 2.41. The quantitative estimate of drug-likeness (QED) is 0.165. The van der Waals surface area contributed by atoms with Crippen LogP contribution in [0.2, 0.25) is 0 Å². The SMILES string of the molecule is CCC(c1nc(-c2ccccc2)nc(-c2ccc3c(c2)sc2ccccc23)n1)c1ccccc1-c1cc2c(cc1C)c1ccccc1n2-c1ccccc1. The Morgan fingerprint density at radius 3 is 2.00 bits per heavy atom. The van der Waals surface area contributed by atoms with Crippen molar-refractivity contribution in [1.29, 1.82) is 0 Å². The van der Waals surface area contributed by atoms with Gasteiger partial charge in [0.2, 0.25) is 0 Å². The van der Waals surface area contributed by atoms with Gasteiger partial charge in [-0.3, -0.25) is 0 Å². The number of hydrogen-bond acceptors (Lipinski definition) is 4. The van der Waals surface area contributed by atoms with E-state index >= 15 is 0 Å². The van der Waals surface area contributed by atoms with Crippen molar-refractivity contribution in [2.75, 3.05) is 0 Å². The molecule has 5 heteroatoms. The van der Waals surface area contributed by atoms with Crippen LogP contribution in [0.25, 0.3) is 81.6 Å². The first-order valence-corrected chi connectivity index (χ1v) is 19.4. The molecule has 1 unspecified atom stereocenters. The molecule has 10 rings (SSSR count). The molecular formula is C49H36N4S. The molecule has 0 aliphatic rings. The van der Waals surface area contributed by atoms with Crippen LogP contribution in [0.4, 0.5) is 0 Å². The third kappa shape index (κ3) is 5.39. The van der Waals surface area contributed by atoms with Gasteiger partial charge in [0.25, 0.3) is 0 Å². The third-order valence-electron chi connectivity index (χ3n) is 10.7. The van der Waals surface area contributed by atoms with E-state index in [4.69, 9.17) is 15.0 Å². The Bertz CT molecular complexity index is 3000. The van der Waals surface area contributed by atoms with Crippen molar-refractivity contribution in [3.05, 3.63) is 181 Å². The molecule has 0 fully saturated rings. The molecule has 3 aromatic heterocycles. The monoisotopic (exact) mass is 712 g/mol. The largest absolute Gasteiger partial charge is 0.309 e. The van der Waals surface area contributed by atoms with E-state index in [0.29, 0.717) is 11.6 Å². The smallest absolute Gasteiger partial charge is 0.163 e. The number of benzene rings is 7. The molecule has 0 aliphatic carbocycles. The molecule has 0 saturated heterocycles. The van der Waals surface area contributed by atoms with E-state index in [0.717, 1.165) is 29.1 Å². The highest BCUT2D eigenvalue weighted by Gasteiger charge is 2.24. The van der Waals surface area contributed by atoms with Crippen LogP contribution in [-0.2, 0) is 0 Å². The van der Waals surface area contributed by atoms with Crippen molar-refractivity contribution < 1.29 is 0 Å². The maximum absolute atomic E-state index is 5.31. The minimum Gasteiger partial charge on any atom is -0.309 e. The van der Waals surface area contributed by atoms with E-state index in [1.165, 1.54) is 64.2 Å². The average Bonchev–Trinajstić information content (AvgIpc) is 3.76. The fourth-order valence-electron chi connectivity index (χ4n) is 8.12. The molecule has 0 saturated carbocycles. The van der Waals surface area contributed by atoms with Gasteiger partial charge in [0.15, 0.2) is 11.6 Å². The normalized spacial score (nSPS) is 12.3. The first-order valence-electron chi connectivity index (χ1n) is 18.6. The zero-order valence-corrected chi connectivity index (χ0v) is 30.9. The van der Waals surface area contributed by atoms with E-state index < -0.39 is 0 Å². The molecule has 0 N–H and O–H groups in total. The number of fused-ring (bicyclic) bond motifs is 6. The Morgan fingerprint density at radius 1 is 0.519 bits per heavy atom. The van der Waals surface area contributed by atoms with E-state index in [1.54, 1.807) is 0 Å². The summed E-state index contributed by atoms with van der Waals surface area (Å²) in [5.74, 6) is 2.10. The van der Waals surface area contributed by atoms with Crippen LogP contribution in [0.15, 0.2) is 164 Å². The van der Waals surface area contributed by atoms with Crippen molar-refractivity contribution >= 4 is 53.3 Å². The average molecular weight is 713 g/mol. The maximum Gasteiger partial charge on any atom is 0.163 e. The summed E-state index contributed by atoms with van der Waals surface area (Å²) in [6.07, 6.45) is 0.829. The van der Waals surface area contributed by atoms with Gasteiger partial charge >= 0.3 is 0 Å². The Labute approximate surface area is 318 Å². The Morgan fingerprint density at radius 2 is 1.19 bits per heavy atom. The molecule has 4 nitrogen and oxygen atoms in total. The Hall–Kier alpha value is -6.43. The molecule has 7 aromatic carbocycles. The van der Waals surface area contributed by atoms with Gasteiger partial charge in [-0.1, -0.05) is 128 Å². The summed E-state index contributed by atoms with van der Waals surface area (Å²) in [4.78, 5) is 15.7. The molecule has 258 valence electrons. The summed E-state index contributed by atoms with van der Waals surface area (Å²) in [6.45, 7) is 4.47. The summed E-state index contributed by atoms with van der Waals surface area (Å²) in [5, 5.41) is 5.05. The van der Waals surface area contributed by atoms with Gasteiger partial charge in [0, 0.05) is 53.7 Å². The van der Waals surface area contributed by atoms with Crippen molar-refractivity contribution in [2.45, 2.75) is 26.2 Å². The number of aromatic nitrogens is 4. The number of aryl methyl sites for hydroxylation is 1. The van der Waals surface area contributed by atoms with E-state index in [2.05, 4.69) is 164 Å². The minimum atomic E-state index is -0.0615. The van der Waals surface area contributed by atoms with Crippen LogP contribution in [0.1, 0.15) is 36.2 Å². The van der Waals surface area contributed by atoms with Crippen LogP contribution in [0.3, 0.4) is 0 Å². The standard InChI is InChI=1S/C49H36N4S/c1-3-35(49-51-47(32-16-6-4-7-17-32)50-48(52-49)33-26-27-40-39-23-13-15-25-45(39)54-46(40)29-33)36-20-10-11-21-37(36)41-30-44-42(28-31(41)2)38-22-12-14-24-43(38)53(44)34-18-8-5-9-19-34/h4-30,35H,3H2,1-2H3. The molecule has 0 amide bonds. The van der Waals surface area contributed by atoms with Crippen LogP contribution < -0.4 is 0 Å². The molecule has 0 radical (unpaired) electrons. The summed E-state index contributed by atoms with van der Waals surface area (Å²) in [7, 11) is 0. The fourth-order valence-corrected chi connectivity index (χ4v) is 9.26. The van der Waals surface area contributed by atoms with Gasteiger partial charge in [-0.2, -0.15) is 0 Å². The van der Waals surface area contributed by atoms with Crippen molar-refractivity contribution in [2.24, 2.45) is 0 Å². The molecule has 0 bridgehead atoms. The highest BCUT2D eigenvalue weighted by molar-refractivity contribution is 7.25. The van der Waals surface area contributed by atoms with Crippen LogP contribution >= 0.6 is 11.3 Å². The summed E-state index contributed by atoms with van der Waals surface area (Å²) >= 11 is 1.81. The van der Waals surface area contributed by atoms with Crippen LogP contribution in [0.5, 0.6) is 0 Å².